The van der Waals surface area contributed by atoms with E-state index >= 15 is 0 Å². The van der Waals surface area contributed by atoms with Gasteiger partial charge >= 0.3 is 0 Å². The van der Waals surface area contributed by atoms with Crippen molar-refractivity contribution in [3.63, 3.8) is 0 Å². The summed E-state index contributed by atoms with van der Waals surface area (Å²) in [5.41, 5.74) is 5.41. The average molecular weight is 295 g/mol. The van der Waals surface area contributed by atoms with E-state index in [0.29, 0.717) is 13.0 Å². The summed E-state index contributed by atoms with van der Waals surface area (Å²) in [6.45, 7) is 3.91. The molecule has 8 heteroatoms. The van der Waals surface area contributed by atoms with Crippen molar-refractivity contribution in [1.82, 2.24) is 9.62 Å². The van der Waals surface area contributed by atoms with Crippen LogP contribution in [0.15, 0.2) is 0 Å². The molecule has 1 unspecified atom stereocenters. The molecule has 6 nitrogen and oxygen atoms in total. The third kappa shape index (κ3) is 4.87. The molecule has 0 saturated carbocycles. The summed E-state index contributed by atoms with van der Waals surface area (Å²) in [6, 6.07) is 0. The van der Waals surface area contributed by atoms with Gasteiger partial charge in [-0.05, 0) is 12.8 Å². The first-order chi connectivity index (χ1) is 8.27. The Morgan fingerprint density at radius 1 is 1.44 bits per heavy atom. The van der Waals surface area contributed by atoms with Gasteiger partial charge in [0.05, 0.1) is 11.5 Å². The Labute approximate surface area is 114 Å². The molecule has 0 bridgehead atoms. The molecule has 0 heterocycles. The Balaban J connectivity index is 4.70. The summed E-state index contributed by atoms with van der Waals surface area (Å²) in [4.78, 5) is 11.4. The fourth-order valence-electron chi connectivity index (χ4n) is 1.39. The van der Waals surface area contributed by atoms with Crippen LogP contribution in [-0.4, -0.2) is 49.0 Å². The highest BCUT2D eigenvalue weighted by Crippen LogP contribution is 2.11. The van der Waals surface area contributed by atoms with Crippen molar-refractivity contribution in [3.8, 4) is 0 Å². The number of hydrogen-bond donors (Lipinski definition) is 2. The second-order valence-electron chi connectivity index (χ2n) is 3.95. The minimum absolute atomic E-state index is 0.0710. The van der Waals surface area contributed by atoms with Gasteiger partial charge in [0.2, 0.25) is 15.9 Å². The summed E-state index contributed by atoms with van der Waals surface area (Å²) in [5, 5.41) is 1.69. The van der Waals surface area contributed by atoms with Gasteiger partial charge in [0.1, 0.15) is 5.25 Å². The van der Waals surface area contributed by atoms with Gasteiger partial charge in [-0.2, -0.15) is 4.31 Å². The van der Waals surface area contributed by atoms with Gasteiger partial charge in [0.15, 0.2) is 0 Å². The lowest BCUT2D eigenvalue weighted by molar-refractivity contribution is -0.121. The van der Waals surface area contributed by atoms with E-state index in [0.717, 1.165) is 10.7 Å². The Morgan fingerprint density at radius 3 is 2.39 bits per heavy atom. The third-order valence-electron chi connectivity index (χ3n) is 2.42. The van der Waals surface area contributed by atoms with Gasteiger partial charge in [0, 0.05) is 13.6 Å². The van der Waals surface area contributed by atoms with Gasteiger partial charge in [-0.15, -0.1) is 0 Å². The summed E-state index contributed by atoms with van der Waals surface area (Å²) in [6.07, 6.45) is 1.09. The van der Waals surface area contributed by atoms with E-state index in [2.05, 4.69) is 5.32 Å². The topological polar surface area (TPSA) is 92.5 Å². The van der Waals surface area contributed by atoms with E-state index in [4.69, 9.17) is 18.0 Å². The van der Waals surface area contributed by atoms with E-state index in [-0.39, 0.29) is 17.4 Å². The van der Waals surface area contributed by atoms with Crippen LogP contribution >= 0.6 is 12.2 Å². The van der Waals surface area contributed by atoms with Crippen molar-refractivity contribution in [2.75, 3.05) is 20.1 Å². The zero-order valence-electron chi connectivity index (χ0n) is 11.0. The Morgan fingerprint density at radius 2 is 2.00 bits per heavy atom. The highest BCUT2D eigenvalue weighted by molar-refractivity contribution is 7.92. The summed E-state index contributed by atoms with van der Waals surface area (Å²) in [5.74, 6) is -0.333. The number of hydrogen-bond acceptors (Lipinski definition) is 4. The van der Waals surface area contributed by atoms with E-state index in [1.807, 2.05) is 6.92 Å². The number of sulfonamides is 1. The summed E-state index contributed by atoms with van der Waals surface area (Å²) in [7, 11) is -2.32. The van der Waals surface area contributed by atoms with Crippen LogP contribution in [0.2, 0.25) is 0 Å². The number of rotatable bonds is 8. The molecule has 0 aliphatic rings. The molecule has 0 aliphatic carbocycles. The maximum Gasteiger partial charge on any atom is 0.235 e. The lowest BCUT2D eigenvalue weighted by Crippen LogP contribution is -2.46. The van der Waals surface area contributed by atoms with Crippen LogP contribution in [0.5, 0.6) is 0 Å². The predicted molar refractivity (Wildman–Crippen MR) is 75.7 cm³/mol. The highest BCUT2D eigenvalue weighted by Gasteiger charge is 2.31. The molecule has 1 amide bonds. The third-order valence-corrected chi connectivity index (χ3v) is 5.16. The molecule has 0 aromatic rings. The van der Waals surface area contributed by atoms with Crippen LogP contribution in [0.3, 0.4) is 0 Å². The van der Waals surface area contributed by atoms with Gasteiger partial charge in [0.25, 0.3) is 0 Å². The molecule has 0 radical (unpaired) electrons. The maximum atomic E-state index is 12.1. The van der Waals surface area contributed by atoms with Crippen LogP contribution in [0, 0.1) is 0 Å². The minimum atomic E-state index is -3.66. The van der Waals surface area contributed by atoms with Crippen LogP contribution in [0.4, 0.5) is 0 Å². The first kappa shape index (κ1) is 17.3. The summed E-state index contributed by atoms with van der Waals surface area (Å²) >= 11 is 4.74. The normalized spacial score (nSPS) is 13.3. The largest absolute Gasteiger partial charge is 0.392 e. The molecule has 0 fully saturated rings. The molecule has 0 spiro atoms. The highest BCUT2D eigenvalue weighted by atomic mass is 32.2. The number of likely N-dealkylation sites (N-methyl/N-ethyl adjacent to an activating group) is 1. The smallest absolute Gasteiger partial charge is 0.235 e. The molecule has 1 atom stereocenters. The molecule has 0 aliphatic heterocycles. The van der Waals surface area contributed by atoms with Gasteiger partial charge in [-0.3, -0.25) is 4.79 Å². The number of thiocarbonyl (C=S) groups is 1. The molecule has 0 aromatic heterocycles. The number of nitrogens with zero attached hydrogens (tertiary/aromatic N) is 1. The fourth-order valence-corrected chi connectivity index (χ4v) is 3.37. The average Bonchev–Trinajstić information content (AvgIpc) is 2.26. The quantitative estimate of drug-likeness (QED) is 0.607. The minimum Gasteiger partial charge on any atom is -0.392 e. The molecular weight excluding hydrogens is 274 g/mol. The van der Waals surface area contributed by atoms with Crippen molar-refractivity contribution >= 4 is 33.1 Å². The van der Waals surface area contributed by atoms with Crippen molar-refractivity contribution in [3.05, 3.63) is 0 Å². The fraction of sp³-hybridized carbons (Fsp3) is 0.800. The number of nitrogens with two attached hydrogens (primary N) is 1. The zero-order valence-corrected chi connectivity index (χ0v) is 12.6. The van der Waals surface area contributed by atoms with Gasteiger partial charge in [-0.25, -0.2) is 8.42 Å². The Hall–Kier alpha value is -0.730. The molecule has 0 aromatic carbocycles. The zero-order chi connectivity index (χ0) is 14.3. The number of amides is 1. The second-order valence-corrected chi connectivity index (χ2v) is 6.64. The van der Waals surface area contributed by atoms with Gasteiger partial charge in [-0.1, -0.05) is 26.1 Å². The first-order valence-electron chi connectivity index (χ1n) is 5.78. The Kier molecular flexibility index (Phi) is 7.34. The Bertz CT molecular complexity index is 395. The standard InChI is InChI=1S/C10H21N3O3S2/c1-4-6-12-9(14)7-13(3)18(15,16)8(5-2)10(11)17/h8H,4-7H2,1-3H3,(H2,11,17)(H,12,14). The maximum absolute atomic E-state index is 12.1. The first-order valence-corrected chi connectivity index (χ1v) is 7.69. The van der Waals surface area contributed by atoms with Crippen molar-refractivity contribution in [1.29, 1.82) is 0 Å². The molecule has 18 heavy (non-hydrogen) atoms. The number of carbonyl (C=O) groups is 1. The molecule has 3 N–H and O–H groups in total. The molecular formula is C10H21N3O3S2. The molecule has 0 rings (SSSR count). The lowest BCUT2D eigenvalue weighted by atomic mass is 10.3. The van der Waals surface area contributed by atoms with E-state index in [9.17, 15) is 13.2 Å². The van der Waals surface area contributed by atoms with E-state index in [1.54, 1.807) is 6.92 Å². The monoisotopic (exact) mass is 295 g/mol. The number of carbonyl (C=O) groups excluding carboxylic acids is 1. The number of nitrogens with one attached hydrogen (secondary N) is 1. The van der Waals surface area contributed by atoms with Crippen molar-refractivity contribution in [2.45, 2.75) is 31.9 Å². The second kappa shape index (κ2) is 7.65. The van der Waals surface area contributed by atoms with Crippen molar-refractivity contribution in [2.24, 2.45) is 5.73 Å². The van der Waals surface area contributed by atoms with Crippen LogP contribution in [-0.2, 0) is 14.8 Å². The van der Waals surface area contributed by atoms with Crippen LogP contribution in [0.25, 0.3) is 0 Å². The van der Waals surface area contributed by atoms with E-state index < -0.39 is 15.3 Å². The van der Waals surface area contributed by atoms with Crippen molar-refractivity contribution < 1.29 is 13.2 Å². The molecule has 0 saturated heterocycles. The SMILES string of the molecule is CCCNC(=O)CN(C)S(=O)(=O)C(CC)C(N)=S. The molecule has 106 valence electrons. The summed E-state index contributed by atoms with van der Waals surface area (Å²) < 4.78 is 25.2. The van der Waals surface area contributed by atoms with Gasteiger partial charge < -0.3 is 11.1 Å². The predicted octanol–water partition coefficient (Wildman–Crippen LogP) is -0.161. The lowest BCUT2D eigenvalue weighted by Gasteiger charge is -2.22. The van der Waals surface area contributed by atoms with Crippen LogP contribution < -0.4 is 11.1 Å². The van der Waals surface area contributed by atoms with E-state index in [1.165, 1.54) is 7.05 Å². The van der Waals surface area contributed by atoms with Crippen LogP contribution in [0.1, 0.15) is 26.7 Å².